The smallest absolute Gasteiger partial charge is 1.00 e. The number of hydrogen-bond acceptors (Lipinski definition) is 14. The molecule has 0 amide bonds. The Balaban J connectivity index is 0.000000588. The van der Waals surface area contributed by atoms with E-state index in [1.165, 1.54) is 28.5 Å². The third kappa shape index (κ3) is 15.1. The van der Waals surface area contributed by atoms with Gasteiger partial charge >= 0.3 is 120 Å². The molecule has 18 nitrogen and oxygen atoms in total. The molecule has 2 fully saturated rings. The number of aromatic nitrogens is 4. The SMILES string of the molecule is CCC[C@]1(CC)O[C@@H](n2cc(C)c(=O)[nH]c2=O)[C@@H](O)C1OCc1ccccc1.CCC[C@]1(CC)O[C@@H](n2cc(C)c(=O)[nH]c2=O)[C@@H](OC(C)=O)C1OCc1ccccc1.O=CO[O-].[H-].[K+].[K+]. The molecule has 346 valence electrons. The van der Waals surface area contributed by atoms with Crippen molar-refractivity contribution in [2.45, 2.75) is 148 Å². The van der Waals surface area contributed by atoms with Crippen LogP contribution >= 0.6 is 0 Å². The van der Waals surface area contributed by atoms with Gasteiger partial charge in [0.1, 0.15) is 23.9 Å². The van der Waals surface area contributed by atoms with Gasteiger partial charge in [0.25, 0.3) is 17.6 Å². The van der Waals surface area contributed by atoms with Crippen LogP contribution in [0.2, 0.25) is 0 Å². The number of carbonyl (C=O) groups is 2. The quantitative estimate of drug-likeness (QED) is 0.0351. The first kappa shape index (κ1) is 58.9. The molecule has 2 aromatic carbocycles. The van der Waals surface area contributed by atoms with Crippen LogP contribution in [0.3, 0.4) is 0 Å². The van der Waals surface area contributed by atoms with E-state index in [2.05, 4.69) is 14.9 Å². The Morgan fingerprint density at radius 3 is 1.55 bits per heavy atom. The normalized spacial score (nSPS) is 24.2. The van der Waals surface area contributed by atoms with Crippen molar-refractivity contribution >= 4 is 12.4 Å². The topological polar surface area (TPSA) is 243 Å². The van der Waals surface area contributed by atoms with Crippen LogP contribution in [0.25, 0.3) is 0 Å². The number of aliphatic hydroxyl groups excluding tert-OH is 1. The molecule has 0 saturated carbocycles. The zero-order valence-electron chi connectivity index (χ0n) is 39.8. The minimum Gasteiger partial charge on any atom is -1.00 e. The first-order valence-electron chi connectivity index (χ1n) is 21.0. The number of rotatable bonds is 16. The molecule has 8 atom stereocenters. The molecule has 3 N–H and O–H groups in total. The molecule has 2 aliphatic heterocycles. The number of H-pyrrole nitrogens is 2. The minimum absolute atomic E-state index is 0. The largest absolute Gasteiger partial charge is 1.00 e. The zero-order chi connectivity index (χ0) is 46.3. The van der Waals surface area contributed by atoms with Gasteiger partial charge in [0.15, 0.2) is 18.6 Å². The summed E-state index contributed by atoms with van der Waals surface area (Å²) in [5.74, 6) is -0.496. The molecule has 4 heterocycles. The van der Waals surface area contributed by atoms with Crippen molar-refractivity contribution in [2.75, 3.05) is 0 Å². The number of aryl methyl sites for hydroxylation is 2. The fraction of sp³-hybridized carbons (Fsp3) is 0.511. The van der Waals surface area contributed by atoms with Crippen molar-refractivity contribution in [3.8, 4) is 0 Å². The first-order chi connectivity index (χ1) is 30.1. The molecule has 2 unspecified atom stereocenters. The third-order valence-electron chi connectivity index (χ3n) is 11.2. The Kier molecular flexibility index (Phi) is 25.7. The summed E-state index contributed by atoms with van der Waals surface area (Å²) in [7, 11) is 0. The van der Waals surface area contributed by atoms with E-state index in [0.717, 1.165) is 24.0 Å². The number of hydrogen-bond donors (Lipinski definition) is 3. The molecule has 20 heteroatoms. The Hall–Kier alpha value is -2.23. The van der Waals surface area contributed by atoms with Crippen LogP contribution in [0.4, 0.5) is 0 Å². The van der Waals surface area contributed by atoms with Crippen LogP contribution in [0.5, 0.6) is 0 Å². The van der Waals surface area contributed by atoms with Gasteiger partial charge in [-0.25, -0.2) is 9.59 Å². The van der Waals surface area contributed by atoms with E-state index >= 15 is 0 Å². The molecule has 0 spiro atoms. The van der Waals surface area contributed by atoms with E-state index in [1.54, 1.807) is 13.8 Å². The molecule has 65 heavy (non-hydrogen) atoms. The first-order valence-corrected chi connectivity index (χ1v) is 21.0. The molecule has 0 aliphatic carbocycles. The van der Waals surface area contributed by atoms with Gasteiger partial charge in [-0.2, -0.15) is 0 Å². The second-order valence-electron chi connectivity index (χ2n) is 15.5. The fourth-order valence-corrected chi connectivity index (χ4v) is 8.15. The van der Waals surface area contributed by atoms with Crippen molar-refractivity contribution in [3.63, 3.8) is 0 Å². The minimum atomic E-state index is -1.04. The average molecular weight is 959 g/mol. The Bertz CT molecular complexity index is 2330. The summed E-state index contributed by atoms with van der Waals surface area (Å²) in [6, 6.07) is 19.4. The number of ether oxygens (including phenoxy) is 5. The molecule has 2 aliphatic rings. The van der Waals surface area contributed by atoms with Crippen LogP contribution in [0.15, 0.2) is 92.2 Å². The van der Waals surface area contributed by atoms with Crippen LogP contribution in [-0.4, -0.2) is 72.3 Å². The molecule has 0 radical (unpaired) electrons. The Morgan fingerprint density at radius 2 is 1.15 bits per heavy atom. The van der Waals surface area contributed by atoms with E-state index in [9.17, 15) is 29.1 Å². The van der Waals surface area contributed by atoms with Gasteiger partial charge < -0.3 is 40.4 Å². The number of aromatic amines is 2. The van der Waals surface area contributed by atoms with Gasteiger partial charge in [0.05, 0.1) is 18.8 Å². The van der Waals surface area contributed by atoms with Gasteiger partial charge in [-0.05, 0) is 50.7 Å². The molecule has 6 rings (SSSR count). The molecule has 0 bridgehead atoms. The molecular weight excluding hydrogens is 899 g/mol. The number of aliphatic hydroxyl groups is 1. The standard InChI is InChI=1S/C23H30N2O6.C21H28N2O5.CH2O3.2K.H/c1-5-12-23(6-2)19(29-14-17-10-8-7-9-11-17)18(30-16(4)26)21(31-23)25-13-15(3)20(27)24-22(25)28;1-4-11-21(5-2)17(27-13-15-9-7-6-8-10-15)16(24)19(28-21)23-12-14(3)18(25)22-20(23)26;2-1-4-3;;;/h7-11,13,18-19,21H,5-6,12,14H2,1-4H3,(H,24,27,28);6-10,12,16-17,19,24H,4-5,11,13H2,1-3H3,(H,22,25,26);1,3H;;;/q;;;2*+1;-1/p-1/t18-,19?,21+,23-;16-,17?,19+,21-;;;;/m00..../s1. The van der Waals surface area contributed by atoms with Crippen LogP contribution < -0.4 is 131 Å². The van der Waals surface area contributed by atoms with E-state index < -0.39 is 76.5 Å². The number of nitrogens with one attached hydrogen (secondary N) is 2. The van der Waals surface area contributed by atoms with Crippen LogP contribution in [0.1, 0.15) is 109 Å². The maximum absolute atomic E-state index is 12.6. The number of nitrogens with zero attached hydrogens (tertiary/aromatic N) is 2. The number of esters is 1. The molecule has 2 aromatic heterocycles. The molecule has 2 saturated heterocycles. The molecular formula is C45H60K2N4O14. The van der Waals surface area contributed by atoms with Crippen LogP contribution in [-0.2, 0) is 51.4 Å². The van der Waals surface area contributed by atoms with E-state index in [-0.39, 0.29) is 111 Å². The summed E-state index contributed by atoms with van der Waals surface area (Å²) in [6.45, 7) is 13.1. The Labute approximate surface area is 464 Å². The van der Waals surface area contributed by atoms with E-state index in [1.807, 2.05) is 88.4 Å². The monoisotopic (exact) mass is 958 g/mol. The van der Waals surface area contributed by atoms with Gasteiger partial charge in [0.2, 0.25) is 0 Å². The van der Waals surface area contributed by atoms with Crippen molar-refractivity contribution in [2.24, 2.45) is 0 Å². The average Bonchev–Trinajstić information content (AvgIpc) is 3.72. The van der Waals surface area contributed by atoms with E-state index in [4.69, 9.17) is 33.7 Å². The van der Waals surface area contributed by atoms with Gasteiger partial charge in [-0.3, -0.25) is 38.3 Å². The van der Waals surface area contributed by atoms with Gasteiger partial charge in [0, 0.05) is 30.4 Å². The summed E-state index contributed by atoms with van der Waals surface area (Å²) >= 11 is 0. The third-order valence-corrected chi connectivity index (χ3v) is 11.2. The molecule has 4 aromatic rings. The summed E-state index contributed by atoms with van der Waals surface area (Å²) < 4.78 is 33.4. The van der Waals surface area contributed by atoms with Crippen molar-refractivity contribution in [1.29, 1.82) is 0 Å². The summed E-state index contributed by atoms with van der Waals surface area (Å²) in [4.78, 5) is 76.3. The van der Waals surface area contributed by atoms with Crippen molar-refractivity contribution in [1.82, 2.24) is 19.1 Å². The summed E-state index contributed by atoms with van der Waals surface area (Å²) in [6.07, 6.45) is 2.19. The number of carbonyl (C=O) groups excluding carboxylic acids is 2. The van der Waals surface area contributed by atoms with Gasteiger partial charge in [-0.15, -0.1) is 0 Å². The summed E-state index contributed by atoms with van der Waals surface area (Å²) in [5.41, 5.74) is -0.890. The zero-order valence-corrected chi connectivity index (χ0v) is 45.0. The maximum Gasteiger partial charge on any atom is 1.00 e. The van der Waals surface area contributed by atoms with Gasteiger partial charge in [-0.1, -0.05) is 101 Å². The Morgan fingerprint density at radius 1 is 0.754 bits per heavy atom. The predicted octanol–water partition coefficient (Wildman–Crippen LogP) is -2.34. The maximum atomic E-state index is 12.6. The van der Waals surface area contributed by atoms with E-state index in [0.29, 0.717) is 50.0 Å². The fourth-order valence-electron chi connectivity index (χ4n) is 8.15. The second kappa shape index (κ2) is 28.3. The van der Waals surface area contributed by atoms with Crippen molar-refractivity contribution < 1.29 is 153 Å². The predicted molar refractivity (Wildman–Crippen MR) is 228 cm³/mol. The number of benzene rings is 2. The second-order valence-corrected chi connectivity index (χ2v) is 15.5. The van der Waals surface area contributed by atoms with Crippen LogP contribution in [0, 0.1) is 13.8 Å². The van der Waals surface area contributed by atoms with Crippen molar-refractivity contribution in [3.05, 3.63) is 137 Å². The summed E-state index contributed by atoms with van der Waals surface area (Å²) in [5, 5.41) is 19.5.